The van der Waals surface area contributed by atoms with Gasteiger partial charge in [-0.25, -0.2) is 0 Å². The van der Waals surface area contributed by atoms with Crippen molar-refractivity contribution < 1.29 is 14.3 Å². The Hall–Kier alpha value is -3.02. The summed E-state index contributed by atoms with van der Waals surface area (Å²) in [5.41, 5.74) is 3.18. The van der Waals surface area contributed by atoms with Crippen LogP contribution in [0.1, 0.15) is 51.5 Å². The zero-order valence-corrected chi connectivity index (χ0v) is 18.2. The maximum Gasteiger partial charge on any atom is 0.243 e. The van der Waals surface area contributed by atoms with E-state index >= 15 is 0 Å². The van der Waals surface area contributed by atoms with Crippen molar-refractivity contribution in [3.8, 4) is 5.75 Å². The SMILES string of the molecule is CCCCCCOc1ccc(NC(=O)CNc2cccc(NC(=O)CC)c2C)cc1. The van der Waals surface area contributed by atoms with Gasteiger partial charge >= 0.3 is 0 Å². The summed E-state index contributed by atoms with van der Waals surface area (Å²) in [6.45, 7) is 6.75. The molecule has 0 unspecified atom stereocenters. The fourth-order valence-electron chi connectivity index (χ4n) is 2.94. The largest absolute Gasteiger partial charge is 0.494 e. The highest BCUT2D eigenvalue weighted by Gasteiger charge is 2.08. The first-order chi connectivity index (χ1) is 14.5. The summed E-state index contributed by atoms with van der Waals surface area (Å²) in [5.74, 6) is 0.621. The minimum atomic E-state index is -0.148. The highest BCUT2D eigenvalue weighted by molar-refractivity contribution is 5.95. The summed E-state index contributed by atoms with van der Waals surface area (Å²) >= 11 is 0. The molecule has 0 aromatic heterocycles. The predicted molar refractivity (Wildman–Crippen MR) is 123 cm³/mol. The number of ether oxygens (including phenoxy) is 1. The van der Waals surface area contributed by atoms with E-state index in [4.69, 9.17) is 4.74 Å². The first-order valence-corrected chi connectivity index (χ1v) is 10.7. The molecule has 6 nitrogen and oxygen atoms in total. The van der Waals surface area contributed by atoms with E-state index in [2.05, 4.69) is 22.9 Å². The van der Waals surface area contributed by atoms with Crippen LogP contribution >= 0.6 is 0 Å². The summed E-state index contributed by atoms with van der Waals surface area (Å²) in [4.78, 5) is 23.9. The molecule has 2 rings (SSSR count). The van der Waals surface area contributed by atoms with Gasteiger partial charge in [-0.1, -0.05) is 39.2 Å². The lowest BCUT2D eigenvalue weighted by atomic mass is 10.1. The Labute approximate surface area is 179 Å². The van der Waals surface area contributed by atoms with Crippen LogP contribution in [0, 0.1) is 6.92 Å². The van der Waals surface area contributed by atoms with E-state index < -0.39 is 0 Å². The molecule has 30 heavy (non-hydrogen) atoms. The van der Waals surface area contributed by atoms with E-state index in [1.54, 1.807) is 0 Å². The van der Waals surface area contributed by atoms with Crippen LogP contribution in [0.3, 0.4) is 0 Å². The molecule has 162 valence electrons. The molecule has 0 aliphatic heterocycles. The van der Waals surface area contributed by atoms with Gasteiger partial charge < -0.3 is 20.7 Å². The van der Waals surface area contributed by atoms with E-state index in [0.29, 0.717) is 13.0 Å². The number of nitrogens with one attached hydrogen (secondary N) is 3. The fourth-order valence-corrected chi connectivity index (χ4v) is 2.94. The molecule has 0 saturated carbocycles. The molecule has 0 radical (unpaired) electrons. The minimum absolute atomic E-state index is 0.0404. The molecule has 0 spiro atoms. The Balaban J connectivity index is 1.81. The van der Waals surface area contributed by atoms with Crippen LogP contribution in [0.2, 0.25) is 0 Å². The standard InChI is InChI=1S/C24H33N3O3/c1-4-6-7-8-16-30-20-14-12-19(13-15-20)26-24(29)17-25-21-10-9-11-22(18(21)3)27-23(28)5-2/h9-15,25H,4-8,16-17H2,1-3H3,(H,26,29)(H,27,28). The molecule has 0 atom stereocenters. The Kier molecular flexibility index (Phi) is 9.71. The number of hydrogen-bond donors (Lipinski definition) is 3. The van der Waals surface area contributed by atoms with Gasteiger partial charge in [-0.05, 0) is 55.3 Å². The van der Waals surface area contributed by atoms with Crippen LogP contribution in [-0.2, 0) is 9.59 Å². The van der Waals surface area contributed by atoms with Crippen LogP contribution in [0.5, 0.6) is 5.75 Å². The summed E-state index contributed by atoms with van der Waals surface area (Å²) in [6.07, 6.45) is 5.11. The second-order valence-corrected chi connectivity index (χ2v) is 7.22. The molecule has 2 aromatic carbocycles. The molecule has 2 amide bonds. The van der Waals surface area contributed by atoms with E-state index in [-0.39, 0.29) is 18.4 Å². The average Bonchev–Trinajstić information content (AvgIpc) is 2.75. The van der Waals surface area contributed by atoms with E-state index in [9.17, 15) is 9.59 Å². The number of rotatable bonds is 12. The van der Waals surface area contributed by atoms with Crippen LogP contribution in [0.4, 0.5) is 17.1 Å². The van der Waals surface area contributed by atoms with Gasteiger partial charge in [-0.2, -0.15) is 0 Å². The lowest BCUT2D eigenvalue weighted by Crippen LogP contribution is -2.22. The van der Waals surface area contributed by atoms with Gasteiger partial charge in [-0.3, -0.25) is 9.59 Å². The zero-order chi connectivity index (χ0) is 21.8. The first-order valence-electron chi connectivity index (χ1n) is 10.7. The Morgan fingerprint density at radius 3 is 2.30 bits per heavy atom. The maximum atomic E-state index is 12.3. The second-order valence-electron chi connectivity index (χ2n) is 7.22. The number of anilines is 3. The monoisotopic (exact) mass is 411 g/mol. The van der Waals surface area contributed by atoms with Gasteiger partial charge in [0.2, 0.25) is 11.8 Å². The molecular formula is C24H33N3O3. The number of benzene rings is 2. The van der Waals surface area contributed by atoms with Crippen molar-refractivity contribution in [2.75, 3.05) is 29.1 Å². The quantitative estimate of drug-likeness (QED) is 0.411. The van der Waals surface area contributed by atoms with Crippen molar-refractivity contribution in [3.63, 3.8) is 0 Å². The topological polar surface area (TPSA) is 79.5 Å². The fraction of sp³-hybridized carbons (Fsp3) is 0.417. The van der Waals surface area contributed by atoms with Gasteiger partial charge in [0.05, 0.1) is 13.2 Å². The van der Waals surface area contributed by atoms with Crippen LogP contribution in [0.15, 0.2) is 42.5 Å². The molecule has 6 heteroatoms. The summed E-state index contributed by atoms with van der Waals surface area (Å²) < 4.78 is 5.72. The highest BCUT2D eigenvalue weighted by atomic mass is 16.5. The van der Waals surface area contributed by atoms with Crippen molar-refractivity contribution in [3.05, 3.63) is 48.0 Å². The van der Waals surface area contributed by atoms with Gasteiger partial charge in [0, 0.05) is 23.5 Å². The lowest BCUT2D eigenvalue weighted by Gasteiger charge is -2.14. The van der Waals surface area contributed by atoms with Crippen molar-refractivity contribution in [1.82, 2.24) is 0 Å². The van der Waals surface area contributed by atoms with E-state index in [1.807, 2.05) is 56.3 Å². The Bertz CT molecular complexity index is 819. The summed E-state index contributed by atoms with van der Waals surface area (Å²) in [7, 11) is 0. The van der Waals surface area contributed by atoms with Crippen LogP contribution < -0.4 is 20.7 Å². The Morgan fingerprint density at radius 2 is 1.60 bits per heavy atom. The van der Waals surface area contributed by atoms with Crippen molar-refractivity contribution >= 4 is 28.9 Å². The van der Waals surface area contributed by atoms with Gasteiger partial charge in [0.25, 0.3) is 0 Å². The van der Waals surface area contributed by atoms with Gasteiger partial charge in [-0.15, -0.1) is 0 Å². The lowest BCUT2D eigenvalue weighted by molar-refractivity contribution is -0.116. The third-order valence-electron chi connectivity index (χ3n) is 4.77. The molecule has 0 saturated heterocycles. The van der Waals surface area contributed by atoms with E-state index in [0.717, 1.165) is 34.8 Å². The third kappa shape index (κ3) is 7.78. The smallest absolute Gasteiger partial charge is 0.243 e. The number of amides is 2. The number of unbranched alkanes of at least 4 members (excludes halogenated alkanes) is 3. The normalized spacial score (nSPS) is 10.4. The van der Waals surface area contributed by atoms with Crippen LogP contribution in [0.25, 0.3) is 0 Å². The van der Waals surface area contributed by atoms with Gasteiger partial charge in [0.15, 0.2) is 0 Å². The van der Waals surface area contributed by atoms with Crippen LogP contribution in [-0.4, -0.2) is 25.0 Å². The summed E-state index contributed by atoms with van der Waals surface area (Å²) in [6, 6.07) is 13.0. The maximum absolute atomic E-state index is 12.3. The molecular weight excluding hydrogens is 378 g/mol. The Morgan fingerprint density at radius 1 is 0.867 bits per heavy atom. The molecule has 0 fully saturated rings. The first kappa shape index (κ1) is 23.3. The molecule has 2 aromatic rings. The van der Waals surface area contributed by atoms with Crippen molar-refractivity contribution in [1.29, 1.82) is 0 Å². The molecule has 0 bridgehead atoms. The third-order valence-corrected chi connectivity index (χ3v) is 4.77. The predicted octanol–water partition coefficient (Wildman–Crippen LogP) is 5.35. The summed E-state index contributed by atoms with van der Waals surface area (Å²) in [5, 5.41) is 8.87. The highest BCUT2D eigenvalue weighted by Crippen LogP contribution is 2.23. The molecule has 0 aliphatic rings. The minimum Gasteiger partial charge on any atom is -0.494 e. The molecule has 0 heterocycles. The van der Waals surface area contributed by atoms with Crippen molar-refractivity contribution in [2.24, 2.45) is 0 Å². The molecule has 3 N–H and O–H groups in total. The zero-order valence-electron chi connectivity index (χ0n) is 18.2. The molecule has 0 aliphatic carbocycles. The van der Waals surface area contributed by atoms with E-state index in [1.165, 1.54) is 19.3 Å². The number of hydrogen-bond acceptors (Lipinski definition) is 4. The van der Waals surface area contributed by atoms with Gasteiger partial charge in [0.1, 0.15) is 5.75 Å². The average molecular weight is 412 g/mol. The van der Waals surface area contributed by atoms with Crippen molar-refractivity contribution in [2.45, 2.75) is 52.9 Å². The number of carbonyl (C=O) groups is 2. The number of carbonyl (C=O) groups excluding carboxylic acids is 2. The second kappa shape index (κ2) is 12.5.